The summed E-state index contributed by atoms with van der Waals surface area (Å²) in [5.41, 5.74) is 0.716. The normalized spacial score (nSPS) is 10.1. The van der Waals surface area contributed by atoms with Gasteiger partial charge < -0.3 is 4.74 Å². The fourth-order valence-electron chi connectivity index (χ4n) is 0.919. The van der Waals surface area contributed by atoms with Crippen LogP contribution in [0.5, 0.6) is 0 Å². The molecule has 0 aliphatic rings. The van der Waals surface area contributed by atoms with E-state index in [4.69, 9.17) is 16.3 Å². The van der Waals surface area contributed by atoms with Crippen molar-refractivity contribution in [1.82, 2.24) is 4.98 Å². The Kier molecular flexibility index (Phi) is 3.69. The summed E-state index contributed by atoms with van der Waals surface area (Å²) in [4.78, 5) is 15.9. The zero-order chi connectivity index (χ0) is 9.84. The summed E-state index contributed by atoms with van der Waals surface area (Å²) in [5, 5.41) is 0. The Morgan fingerprint density at radius 3 is 2.85 bits per heavy atom. The summed E-state index contributed by atoms with van der Waals surface area (Å²) in [6.07, 6.45) is 0.692. The average Bonchev–Trinajstić information content (AvgIpc) is 2.47. The number of thiazole rings is 1. The predicted octanol–water partition coefficient (Wildman–Crippen LogP) is 2.54. The molecule has 3 nitrogen and oxygen atoms in total. The first-order valence-electron chi connectivity index (χ1n) is 4.01. The molecule has 1 rings (SSSR count). The molecule has 5 heteroatoms. The minimum atomic E-state index is -0.330. The van der Waals surface area contributed by atoms with Crippen LogP contribution in [-0.2, 0) is 11.2 Å². The van der Waals surface area contributed by atoms with Crippen LogP contribution in [-0.4, -0.2) is 17.6 Å². The second-order valence-corrected chi connectivity index (χ2v) is 3.90. The molecule has 0 aromatic carbocycles. The van der Waals surface area contributed by atoms with Crippen molar-refractivity contribution < 1.29 is 9.53 Å². The van der Waals surface area contributed by atoms with E-state index in [1.54, 1.807) is 6.92 Å². The van der Waals surface area contributed by atoms with Crippen LogP contribution in [0.2, 0.25) is 4.47 Å². The van der Waals surface area contributed by atoms with Gasteiger partial charge in [-0.2, -0.15) is 0 Å². The molecule has 0 unspecified atom stereocenters. The largest absolute Gasteiger partial charge is 0.462 e. The Balaban J connectivity index is 2.91. The third kappa shape index (κ3) is 2.42. The minimum Gasteiger partial charge on any atom is -0.462 e. The first kappa shape index (κ1) is 10.5. The van der Waals surface area contributed by atoms with E-state index in [9.17, 15) is 4.79 Å². The standard InChI is InChI=1S/C8H10ClNO2S/c1-3-5-6(7(11)12-4-2)13-8(9)10-5/h3-4H2,1-2H3. The van der Waals surface area contributed by atoms with Crippen molar-refractivity contribution in [3.63, 3.8) is 0 Å². The second-order valence-electron chi connectivity index (χ2n) is 2.32. The van der Waals surface area contributed by atoms with Crippen molar-refractivity contribution in [3.8, 4) is 0 Å². The van der Waals surface area contributed by atoms with E-state index in [0.29, 0.717) is 28.1 Å². The number of nitrogens with zero attached hydrogens (tertiary/aromatic N) is 1. The lowest BCUT2D eigenvalue weighted by Gasteiger charge is -1.98. The Hall–Kier alpha value is -0.610. The molecule has 0 saturated carbocycles. The van der Waals surface area contributed by atoms with E-state index >= 15 is 0 Å². The highest BCUT2D eigenvalue weighted by Gasteiger charge is 2.16. The topological polar surface area (TPSA) is 39.2 Å². The second kappa shape index (κ2) is 4.58. The average molecular weight is 220 g/mol. The number of ether oxygens (including phenoxy) is 1. The highest BCUT2D eigenvalue weighted by molar-refractivity contribution is 7.17. The van der Waals surface area contributed by atoms with E-state index in [0.717, 1.165) is 0 Å². The van der Waals surface area contributed by atoms with E-state index in [-0.39, 0.29) is 5.97 Å². The van der Waals surface area contributed by atoms with E-state index in [2.05, 4.69) is 4.98 Å². The van der Waals surface area contributed by atoms with Gasteiger partial charge in [-0.3, -0.25) is 0 Å². The lowest BCUT2D eigenvalue weighted by atomic mass is 10.3. The quantitative estimate of drug-likeness (QED) is 0.734. The fourth-order valence-corrected chi connectivity index (χ4v) is 2.03. The van der Waals surface area contributed by atoms with Crippen molar-refractivity contribution >= 4 is 28.9 Å². The molecule has 0 fully saturated rings. The molecule has 0 atom stereocenters. The molecule has 0 saturated heterocycles. The maximum Gasteiger partial charge on any atom is 0.350 e. The van der Waals surface area contributed by atoms with Crippen LogP contribution in [0.1, 0.15) is 29.2 Å². The molecule has 1 aromatic heterocycles. The van der Waals surface area contributed by atoms with Crippen molar-refractivity contribution in [2.75, 3.05) is 6.61 Å². The number of aryl methyl sites for hydroxylation is 1. The summed E-state index contributed by atoms with van der Waals surface area (Å²) in [6, 6.07) is 0. The molecule has 72 valence electrons. The van der Waals surface area contributed by atoms with E-state index in [1.807, 2.05) is 6.92 Å². The number of carbonyl (C=O) groups excluding carboxylic acids is 1. The monoisotopic (exact) mass is 219 g/mol. The molecule has 0 amide bonds. The molecule has 0 aliphatic heterocycles. The molecular weight excluding hydrogens is 210 g/mol. The Morgan fingerprint density at radius 2 is 2.31 bits per heavy atom. The predicted molar refractivity (Wildman–Crippen MR) is 52.5 cm³/mol. The highest BCUT2D eigenvalue weighted by atomic mass is 35.5. The van der Waals surface area contributed by atoms with Gasteiger partial charge in [0.25, 0.3) is 0 Å². The minimum absolute atomic E-state index is 0.330. The SMILES string of the molecule is CCOC(=O)c1sc(Cl)nc1CC. The van der Waals surface area contributed by atoms with Gasteiger partial charge in [-0.15, -0.1) is 0 Å². The maximum absolute atomic E-state index is 11.3. The number of halogens is 1. The fraction of sp³-hybridized carbons (Fsp3) is 0.500. The van der Waals surface area contributed by atoms with E-state index < -0.39 is 0 Å². The van der Waals surface area contributed by atoms with Gasteiger partial charge in [0, 0.05) is 0 Å². The molecule has 1 aromatic rings. The molecule has 0 aliphatic carbocycles. The Morgan fingerprint density at radius 1 is 1.62 bits per heavy atom. The zero-order valence-electron chi connectivity index (χ0n) is 7.46. The van der Waals surface area contributed by atoms with Gasteiger partial charge in [0.05, 0.1) is 12.3 Å². The van der Waals surface area contributed by atoms with Gasteiger partial charge in [0.2, 0.25) is 0 Å². The third-order valence-electron chi connectivity index (χ3n) is 1.47. The van der Waals surface area contributed by atoms with Gasteiger partial charge in [-0.05, 0) is 13.3 Å². The van der Waals surface area contributed by atoms with Crippen LogP contribution in [0, 0.1) is 0 Å². The number of hydrogen-bond donors (Lipinski definition) is 0. The van der Waals surface area contributed by atoms with Crippen molar-refractivity contribution in [2.45, 2.75) is 20.3 Å². The summed E-state index contributed by atoms with van der Waals surface area (Å²) in [6.45, 7) is 4.07. The smallest absolute Gasteiger partial charge is 0.350 e. The summed E-state index contributed by atoms with van der Waals surface area (Å²) >= 11 is 6.85. The van der Waals surface area contributed by atoms with Gasteiger partial charge in [-0.1, -0.05) is 29.9 Å². The van der Waals surface area contributed by atoms with Crippen LogP contribution in [0.15, 0.2) is 0 Å². The van der Waals surface area contributed by atoms with Crippen LogP contribution < -0.4 is 0 Å². The lowest BCUT2D eigenvalue weighted by Crippen LogP contribution is -2.05. The lowest BCUT2D eigenvalue weighted by molar-refractivity contribution is 0.0530. The Bertz CT molecular complexity index is 311. The molecule has 0 bridgehead atoms. The molecular formula is C8H10ClNO2S. The highest BCUT2D eigenvalue weighted by Crippen LogP contribution is 2.23. The first-order valence-corrected chi connectivity index (χ1v) is 5.20. The van der Waals surface area contributed by atoms with Crippen LogP contribution in [0.25, 0.3) is 0 Å². The summed E-state index contributed by atoms with van der Waals surface area (Å²) in [5.74, 6) is -0.330. The number of carbonyl (C=O) groups is 1. The van der Waals surface area contributed by atoms with Crippen LogP contribution >= 0.6 is 22.9 Å². The van der Waals surface area contributed by atoms with Gasteiger partial charge in [0.1, 0.15) is 4.88 Å². The zero-order valence-corrected chi connectivity index (χ0v) is 9.04. The van der Waals surface area contributed by atoms with Crippen molar-refractivity contribution in [1.29, 1.82) is 0 Å². The number of rotatable bonds is 3. The van der Waals surface area contributed by atoms with Crippen molar-refractivity contribution in [3.05, 3.63) is 15.0 Å². The molecule has 1 heterocycles. The van der Waals surface area contributed by atoms with Gasteiger partial charge in [-0.25, -0.2) is 9.78 Å². The summed E-state index contributed by atoms with van der Waals surface area (Å²) in [7, 11) is 0. The van der Waals surface area contributed by atoms with E-state index in [1.165, 1.54) is 11.3 Å². The summed E-state index contributed by atoms with van der Waals surface area (Å²) < 4.78 is 5.25. The Labute approximate surface area is 85.7 Å². The van der Waals surface area contributed by atoms with Gasteiger partial charge >= 0.3 is 5.97 Å². The first-order chi connectivity index (χ1) is 6.19. The molecule has 13 heavy (non-hydrogen) atoms. The number of hydrogen-bond acceptors (Lipinski definition) is 4. The molecule has 0 N–H and O–H groups in total. The molecule has 0 radical (unpaired) electrons. The molecule has 0 spiro atoms. The van der Waals surface area contributed by atoms with Gasteiger partial charge in [0.15, 0.2) is 4.47 Å². The maximum atomic E-state index is 11.3. The van der Waals surface area contributed by atoms with Crippen LogP contribution in [0.3, 0.4) is 0 Å². The van der Waals surface area contributed by atoms with Crippen LogP contribution in [0.4, 0.5) is 0 Å². The number of esters is 1. The van der Waals surface area contributed by atoms with Crippen molar-refractivity contribution in [2.24, 2.45) is 0 Å². The third-order valence-corrected chi connectivity index (χ3v) is 2.65. The number of aromatic nitrogens is 1.